The van der Waals surface area contributed by atoms with Gasteiger partial charge in [0.1, 0.15) is 11.9 Å². The first-order valence-electron chi connectivity index (χ1n) is 7.29. The molecular formula is C16H20N4O. The Morgan fingerprint density at radius 2 is 2.10 bits per heavy atom. The maximum Gasteiger partial charge on any atom is 0.112 e. The highest BCUT2D eigenvalue weighted by Gasteiger charge is 2.17. The topological polar surface area (TPSA) is 55.9 Å². The molecule has 1 N–H and O–H groups in total. The van der Waals surface area contributed by atoms with Crippen molar-refractivity contribution in [3.05, 3.63) is 48.3 Å². The number of hydrogen-bond donors (Lipinski definition) is 1. The van der Waals surface area contributed by atoms with E-state index in [4.69, 9.17) is 0 Å². The SMILES string of the molecule is CCCn1c(CC(O)c2cn(C)cn2)nc2ccccc21. The molecule has 110 valence electrons. The second-order valence-corrected chi connectivity index (χ2v) is 5.35. The van der Waals surface area contributed by atoms with E-state index < -0.39 is 6.10 Å². The molecule has 1 aromatic carbocycles. The third-order valence-electron chi connectivity index (χ3n) is 3.62. The highest BCUT2D eigenvalue weighted by atomic mass is 16.3. The summed E-state index contributed by atoms with van der Waals surface area (Å²) < 4.78 is 4.04. The molecule has 0 aliphatic carbocycles. The zero-order chi connectivity index (χ0) is 14.8. The minimum Gasteiger partial charge on any atom is -0.386 e. The lowest BCUT2D eigenvalue weighted by atomic mass is 10.2. The number of imidazole rings is 2. The average Bonchev–Trinajstić information content (AvgIpc) is 3.04. The zero-order valence-corrected chi connectivity index (χ0v) is 12.4. The van der Waals surface area contributed by atoms with Gasteiger partial charge in [-0.05, 0) is 18.6 Å². The van der Waals surface area contributed by atoms with Crippen LogP contribution < -0.4 is 0 Å². The van der Waals surface area contributed by atoms with Gasteiger partial charge < -0.3 is 14.2 Å². The first-order chi connectivity index (χ1) is 10.2. The normalized spacial score (nSPS) is 12.9. The molecule has 0 bridgehead atoms. The van der Waals surface area contributed by atoms with Crippen molar-refractivity contribution in [1.82, 2.24) is 19.1 Å². The average molecular weight is 284 g/mol. The molecule has 2 heterocycles. The van der Waals surface area contributed by atoms with Crippen LogP contribution in [-0.4, -0.2) is 24.2 Å². The van der Waals surface area contributed by atoms with E-state index in [1.165, 1.54) is 0 Å². The van der Waals surface area contributed by atoms with Gasteiger partial charge in [0.15, 0.2) is 0 Å². The highest BCUT2D eigenvalue weighted by Crippen LogP contribution is 2.21. The predicted octanol–water partition coefficient (Wildman–Crippen LogP) is 2.46. The number of para-hydroxylation sites is 2. The monoisotopic (exact) mass is 284 g/mol. The fourth-order valence-electron chi connectivity index (χ4n) is 2.64. The molecule has 5 nitrogen and oxygen atoms in total. The number of nitrogens with zero attached hydrogens (tertiary/aromatic N) is 4. The number of fused-ring (bicyclic) bond motifs is 1. The molecule has 0 aliphatic rings. The van der Waals surface area contributed by atoms with Crippen LogP contribution in [0.1, 0.15) is 31.0 Å². The Labute approximate surface area is 123 Å². The smallest absolute Gasteiger partial charge is 0.112 e. The van der Waals surface area contributed by atoms with Crippen LogP contribution in [0.15, 0.2) is 36.8 Å². The lowest BCUT2D eigenvalue weighted by molar-refractivity contribution is 0.170. The number of rotatable bonds is 5. The maximum absolute atomic E-state index is 10.4. The van der Waals surface area contributed by atoms with Crippen molar-refractivity contribution in [1.29, 1.82) is 0 Å². The van der Waals surface area contributed by atoms with Crippen molar-refractivity contribution >= 4 is 11.0 Å². The van der Waals surface area contributed by atoms with E-state index >= 15 is 0 Å². The van der Waals surface area contributed by atoms with E-state index in [0.717, 1.165) is 29.8 Å². The molecule has 0 saturated heterocycles. The summed E-state index contributed by atoms with van der Waals surface area (Å²) in [6.45, 7) is 3.05. The number of aromatic nitrogens is 4. The Hall–Kier alpha value is -2.14. The van der Waals surface area contributed by atoms with Gasteiger partial charge in [0.25, 0.3) is 0 Å². The third-order valence-corrected chi connectivity index (χ3v) is 3.62. The predicted molar refractivity (Wildman–Crippen MR) is 81.9 cm³/mol. The second-order valence-electron chi connectivity index (χ2n) is 5.35. The Morgan fingerprint density at radius 3 is 2.81 bits per heavy atom. The summed E-state index contributed by atoms with van der Waals surface area (Å²) in [5.41, 5.74) is 2.80. The van der Waals surface area contributed by atoms with Crippen molar-refractivity contribution in [2.24, 2.45) is 7.05 Å². The summed E-state index contributed by atoms with van der Waals surface area (Å²) >= 11 is 0. The molecule has 0 aliphatic heterocycles. The number of hydrogen-bond acceptors (Lipinski definition) is 3. The summed E-state index contributed by atoms with van der Waals surface area (Å²) in [5, 5.41) is 10.4. The van der Waals surface area contributed by atoms with Crippen LogP contribution in [0.25, 0.3) is 11.0 Å². The highest BCUT2D eigenvalue weighted by molar-refractivity contribution is 5.75. The molecule has 5 heteroatoms. The fourth-order valence-corrected chi connectivity index (χ4v) is 2.64. The molecule has 0 saturated carbocycles. The Morgan fingerprint density at radius 1 is 1.29 bits per heavy atom. The van der Waals surface area contributed by atoms with Crippen LogP contribution in [0.4, 0.5) is 0 Å². The maximum atomic E-state index is 10.4. The number of benzene rings is 1. The lowest BCUT2D eigenvalue weighted by Gasteiger charge is -2.10. The number of aryl methyl sites for hydroxylation is 2. The summed E-state index contributed by atoms with van der Waals surface area (Å²) in [7, 11) is 1.90. The van der Waals surface area contributed by atoms with E-state index in [9.17, 15) is 5.11 Å². The summed E-state index contributed by atoms with van der Waals surface area (Å²) in [5.74, 6) is 0.913. The van der Waals surface area contributed by atoms with Crippen LogP contribution in [0.2, 0.25) is 0 Å². The molecule has 3 rings (SSSR count). The molecular weight excluding hydrogens is 264 g/mol. The Kier molecular flexibility index (Phi) is 3.75. The van der Waals surface area contributed by atoms with Gasteiger partial charge in [-0.1, -0.05) is 19.1 Å². The van der Waals surface area contributed by atoms with Crippen molar-refractivity contribution < 1.29 is 5.11 Å². The van der Waals surface area contributed by atoms with Crippen molar-refractivity contribution in [3.63, 3.8) is 0 Å². The summed E-state index contributed by atoms with van der Waals surface area (Å²) in [6, 6.07) is 8.10. The molecule has 0 spiro atoms. The Balaban J connectivity index is 1.94. The summed E-state index contributed by atoms with van der Waals surface area (Å²) in [6.07, 6.45) is 4.43. The van der Waals surface area contributed by atoms with Gasteiger partial charge in [-0.25, -0.2) is 9.97 Å². The van der Waals surface area contributed by atoms with Crippen LogP contribution in [0.3, 0.4) is 0 Å². The molecule has 0 radical (unpaired) electrons. The van der Waals surface area contributed by atoms with Gasteiger partial charge >= 0.3 is 0 Å². The summed E-state index contributed by atoms with van der Waals surface area (Å²) in [4.78, 5) is 8.89. The van der Waals surface area contributed by atoms with Gasteiger partial charge in [-0.3, -0.25) is 0 Å². The first-order valence-corrected chi connectivity index (χ1v) is 7.29. The third kappa shape index (κ3) is 2.69. The fraction of sp³-hybridized carbons (Fsp3) is 0.375. The van der Waals surface area contributed by atoms with Gasteiger partial charge in [0.05, 0.1) is 23.1 Å². The number of aliphatic hydroxyl groups is 1. The minimum absolute atomic E-state index is 0.478. The van der Waals surface area contributed by atoms with Crippen molar-refractivity contribution in [2.75, 3.05) is 0 Å². The van der Waals surface area contributed by atoms with Gasteiger partial charge in [-0.2, -0.15) is 0 Å². The molecule has 1 unspecified atom stereocenters. The van der Waals surface area contributed by atoms with E-state index in [0.29, 0.717) is 12.1 Å². The van der Waals surface area contributed by atoms with Crippen molar-refractivity contribution in [2.45, 2.75) is 32.4 Å². The minimum atomic E-state index is -0.626. The van der Waals surface area contributed by atoms with E-state index in [1.807, 2.05) is 36.0 Å². The molecule has 3 aromatic rings. The van der Waals surface area contributed by atoms with Crippen LogP contribution in [0, 0.1) is 0 Å². The number of aliphatic hydroxyl groups excluding tert-OH is 1. The molecule has 0 amide bonds. The molecule has 0 fully saturated rings. The van der Waals surface area contributed by atoms with Gasteiger partial charge in [-0.15, -0.1) is 0 Å². The van der Waals surface area contributed by atoms with Gasteiger partial charge in [0.2, 0.25) is 0 Å². The quantitative estimate of drug-likeness (QED) is 0.783. The largest absolute Gasteiger partial charge is 0.386 e. The van der Waals surface area contributed by atoms with Gasteiger partial charge in [0, 0.05) is 26.2 Å². The van der Waals surface area contributed by atoms with E-state index in [2.05, 4.69) is 27.5 Å². The van der Waals surface area contributed by atoms with Crippen LogP contribution in [-0.2, 0) is 20.0 Å². The Bertz CT molecular complexity index is 744. The van der Waals surface area contributed by atoms with E-state index in [1.54, 1.807) is 6.33 Å². The molecule has 21 heavy (non-hydrogen) atoms. The standard InChI is InChI=1S/C16H20N4O/c1-3-8-20-14-7-5-4-6-12(14)18-16(20)9-15(21)13-10-19(2)11-17-13/h4-7,10-11,15,21H,3,8-9H2,1-2H3. The van der Waals surface area contributed by atoms with E-state index in [-0.39, 0.29) is 0 Å². The molecule has 2 aromatic heterocycles. The first kappa shape index (κ1) is 13.8. The second kappa shape index (κ2) is 5.69. The van der Waals surface area contributed by atoms with Crippen LogP contribution >= 0.6 is 0 Å². The molecule has 1 atom stereocenters. The van der Waals surface area contributed by atoms with Crippen molar-refractivity contribution in [3.8, 4) is 0 Å². The lowest BCUT2D eigenvalue weighted by Crippen LogP contribution is -2.09. The van der Waals surface area contributed by atoms with Crippen LogP contribution in [0.5, 0.6) is 0 Å². The zero-order valence-electron chi connectivity index (χ0n) is 12.4.